The van der Waals surface area contributed by atoms with Gasteiger partial charge in [0.1, 0.15) is 0 Å². The van der Waals surface area contributed by atoms with Gasteiger partial charge in [-0.05, 0) is 45.2 Å². The maximum atomic E-state index is 11.2. The summed E-state index contributed by atoms with van der Waals surface area (Å²) in [6, 6.07) is 0. The molecule has 0 amide bonds. The van der Waals surface area contributed by atoms with Crippen LogP contribution >= 0.6 is 0 Å². The smallest absolute Gasteiger partial charge is 0.307 e. The predicted molar refractivity (Wildman–Crippen MR) is 60.7 cm³/mol. The summed E-state index contributed by atoms with van der Waals surface area (Å²) in [5.41, 5.74) is 0. The molecule has 3 heteroatoms. The van der Waals surface area contributed by atoms with Gasteiger partial charge in [0.05, 0.1) is 13.0 Å². The molecular weight excluding hydrogens is 190 g/mol. The van der Waals surface area contributed by atoms with E-state index in [0.717, 1.165) is 25.6 Å². The third-order valence-corrected chi connectivity index (χ3v) is 3.05. The standard InChI is InChI=1S/C12H23NO2/c1-3-15-12(14)7-10-13-8-4-5-11(2)6-9-13/h11H,3-10H2,1-2H3. The average Bonchev–Trinajstić information content (AvgIpc) is 2.41. The normalized spacial score (nSPS) is 23.5. The van der Waals surface area contributed by atoms with Gasteiger partial charge in [-0.2, -0.15) is 0 Å². The average molecular weight is 213 g/mol. The van der Waals surface area contributed by atoms with Crippen molar-refractivity contribution in [3.8, 4) is 0 Å². The van der Waals surface area contributed by atoms with Crippen LogP contribution in [0.2, 0.25) is 0 Å². The fraction of sp³-hybridized carbons (Fsp3) is 0.917. The fourth-order valence-corrected chi connectivity index (χ4v) is 2.03. The van der Waals surface area contributed by atoms with Crippen LogP contribution in [-0.2, 0) is 9.53 Å². The zero-order valence-electron chi connectivity index (χ0n) is 10.00. The highest BCUT2D eigenvalue weighted by atomic mass is 16.5. The summed E-state index contributed by atoms with van der Waals surface area (Å²) in [5.74, 6) is 0.785. The van der Waals surface area contributed by atoms with Crippen molar-refractivity contribution in [3.05, 3.63) is 0 Å². The fourth-order valence-electron chi connectivity index (χ4n) is 2.03. The number of likely N-dealkylation sites (tertiary alicyclic amines) is 1. The summed E-state index contributed by atoms with van der Waals surface area (Å²) in [4.78, 5) is 13.6. The Hall–Kier alpha value is -0.570. The van der Waals surface area contributed by atoms with Crippen molar-refractivity contribution in [2.24, 2.45) is 5.92 Å². The lowest BCUT2D eigenvalue weighted by atomic mass is 10.0. The lowest BCUT2D eigenvalue weighted by Crippen LogP contribution is -2.27. The van der Waals surface area contributed by atoms with Crippen molar-refractivity contribution in [2.45, 2.75) is 39.5 Å². The lowest BCUT2D eigenvalue weighted by Gasteiger charge is -2.18. The summed E-state index contributed by atoms with van der Waals surface area (Å²) >= 11 is 0. The summed E-state index contributed by atoms with van der Waals surface area (Å²) < 4.78 is 4.92. The Morgan fingerprint density at radius 1 is 1.40 bits per heavy atom. The summed E-state index contributed by atoms with van der Waals surface area (Å²) in [5, 5.41) is 0. The SMILES string of the molecule is CCOC(=O)CCN1CCCC(C)CC1. The number of carbonyl (C=O) groups excluding carboxylic acids is 1. The molecule has 0 aromatic heterocycles. The Bertz CT molecular complexity index is 194. The van der Waals surface area contributed by atoms with Crippen LogP contribution in [0.1, 0.15) is 39.5 Å². The molecular formula is C12H23NO2. The summed E-state index contributed by atoms with van der Waals surface area (Å²) in [7, 11) is 0. The summed E-state index contributed by atoms with van der Waals surface area (Å²) in [6.07, 6.45) is 4.41. The van der Waals surface area contributed by atoms with Gasteiger partial charge in [-0.3, -0.25) is 4.79 Å². The first-order chi connectivity index (χ1) is 7.22. The van der Waals surface area contributed by atoms with Crippen LogP contribution in [0.25, 0.3) is 0 Å². The molecule has 0 aromatic rings. The Morgan fingerprint density at radius 3 is 2.93 bits per heavy atom. The highest BCUT2D eigenvalue weighted by molar-refractivity contribution is 5.69. The maximum Gasteiger partial charge on any atom is 0.307 e. The first-order valence-corrected chi connectivity index (χ1v) is 6.10. The van der Waals surface area contributed by atoms with Gasteiger partial charge in [-0.15, -0.1) is 0 Å². The van der Waals surface area contributed by atoms with Crippen LogP contribution in [-0.4, -0.2) is 37.1 Å². The minimum absolute atomic E-state index is 0.0604. The lowest BCUT2D eigenvalue weighted by molar-refractivity contribution is -0.143. The number of nitrogens with zero attached hydrogens (tertiary/aromatic N) is 1. The number of ether oxygens (including phenoxy) is 1. The maximum absolute atomic E-state index is 11.2. The van der Waals surface area contributed by atoms with Crippen molar-refractivity contribution in [1.82, 2.24) is 4.90 Å². The van der Waals surface area contributed by atoms with E-state index in [0.29, 0.717) is 13.0 Å². The number of hydrogen-bond donors (Lipinski definition) is 0. The molecule has 0 spiro atoms. The largest absolute Gasteiger partial charge is 0.466 e. The molecule has 1 saturated heterocycles. The number of rotatable bonds is 4. The first kappa shape index (κ1) is 12.5. The van der Waals surface area contributed by atoms with Crippen LogP contribution in [0.5, 0.6) is 0 Å². The van der Waals surface area contributed by atoms with E-state index in [9.17, 15) is 4.79 Å². The van der Waals surface area contributed by atoms with Crippen molar-refractivity contribution in [1.29, 1.82) is 0 Å². The third-order valence-electron chi connectivity index (χ3n) is 3.05. The van der Waals surface area contributed by atoms with Crippen LogP contribution in [0.15, 0.2) is 0 Å². The van der Waals surface area contributed by atoms with Gasteiger partial charge in [0.25, 0.3) is 0 Å². The predicted octanol–water partition coefficient (Wildman–Crippen LogP) is 2.06. The molecule has 1 aliphatic rings. The number of hydrogen-bond acceptors (Lipinski definition) is 3. The molecule has 3 nitrogen and oxygen atoms in total. The molecule has 0 bridgehead atoms. The summed E-state index contributed by atoms with van der Waals surface area (Å²) in [6.45, 7) is 7.81. The minimum Gasteiger partial charge on any atom is -0.466 e. The number of carbonyl (C=O) groups is 1. The molecule has 1 unspecified atom stereocenters. The molecule has 15 heavy (non-hydrogen) atoms. The van der Waals surface area contributed by atoms with Gasteiger partial charge in [-0.25, -0.2) is 0 Å². The zero-order chi connectivity index (χ0) is 11.1. The topological polar surface area (TPSA) is 29.5 Å². The van der Waals surface area contributed by atoms with Crippen molar-refractivity contribution in [3.63, 3.8) is 0 Å². The van der Waals surface area contributed by atoms with Crippen molar-refractivity contribution < 1.29 is 9.53 Å². The number of esters is 1. The Morgan fingerprint density at radius 2 is 2.20 bits per heavy atom. The van der Waals surface area contributed by atoms with E-state index < -0.39 is 0 Å². The monoisotopic (exact) mass is 213 g/mol. The van der Waals surface area contributed by atoms with Gasteiger partial charge in [-0.1, -0.05) is 6.92 Å². The Kier molecular flexibility index (Phi) is 5.69. The first-order valence-electron chi connectivity index (χ1n) is 6.10. The van der Waals surface area contributed by atoms with E-state index in [4.69, 9.17) is 4.74 Å². The molecule has 0 saturated carbocycles. The van der Waals surface area contributed by atoms with Crippen molar-refractivity contribution in [2.75, 3.05) is 26.2 Å². The van der Waals surface area contributed by atoms with Crippen LogP contribution in [0.3, 0.4) is 0 Å². The third kappa shape index (κ3) is 5.17. The Balaban J connectivity index is 2.17. The quantitative estimate of drug-likeness (QED) is 0.669. The highest BCUT2D eigenvalue weighted by Crippen LogP contribution is 2.16. The van der Waals surface area contributed by atoms with Crippen LogP contribution < -0.4 is 0 Å². The Labute approximate surface area is 92.8 Å². The van der Waals surface area contributed by atoms with Crippen LogP contribution in [0, 0.1) is 5.92 Å². The zero-order valence-corrected chi connectivity index (χ0v) is 10.00. The molecule has 1 rings (SSSR count). The van der Waals surface area contributed by atoms with Gasteiger partial charge >= 0.3 is 5.97 Å². The van der Waals surface area contributed by atoms with E-state index >= 15 is 0 Å². The second-order valence-electron chi connectivity index (χ2n) is 4.43. The highest BCUT2D eigenvalue weighted by Gasteiger charge is 2.14. The van der Waals surface area contributed by atoms with E-state index in [-0.39, 0.29) is 5.97 Å². The van der Waals surface area contributed by atoms with Gasteiger partial charge in [0.15, 0.2) is 0 Å². The molecule has 0 aliphatic carbocycles. The second kappa shape index (κ2) is 6.83. The van der Waals surface area contributed by atoms with Crippen molar-refractivity contribution >= 4 is 5.97 Å². The molecule has 1 atom stereocenters. The molecule has 1 fully saturated rings. The minimum atomic E-state index is -0.0604. The molecule has 0 N–H and O–H groups in total. The van der Waals surface area contributed by atoms with E-state index in [1.54, 1.807) is 0 Å². The van der Waals surface area contributed by atoms with E-state index in [1.165, 1.54) is 19.3 Å². The van der Waals surface area contributed by atoms with Gasteiger partial charge in [0.2, 0.25) is 0 Å². The molecule has 1 heterocycles. The van der Waals surface area contributed by atoms with Gasteiger partial charge in [0, 0.05) is 6.54 Å². The molecule has 88 valence electrons. The molecule has 0 aromatic carbocycles. The molecule has 0 radical (unpaired) electrons. The van der Waals surface area contributed by atoms with Gasteiger partial charge < -0.3 is 9.64 Å². The van der Waals surface area contributed by atoms with E-state index in [2.05, 4.69) is 11.8 Å². The van der Waals surface area contributed by atoms with Crippen LogP contribution in [0.4, 0.5) is 0 Å². The molecule has 1 aliphatic heterocycles. The van der Waals surface area contributed by atoms with E-state index in [1.807, 2.05) is 6.92 Å². The second-order valence-corrected chi connectivity index (χ2v) is 4.43.